The maximum atomic E-state index is 12.2. The quantitative estimate of drug-likeness (QED) is 0.548. The number of hydrogen-bond donors (Lipinski definition) is 1. The molecule has 1 amide bonds. The molecule has 3 rings (SSSR count). The van der Waals surface area contributed by atoms with Gasteiger partial charge in [0.2, 0.25) is 17.7 Å². The molecule has 1 N–H and O–H groups in total. The van der Waals surface area contributed by atoms with Gasteiger partial charge in [0, 0.05) is 24.8 Å². The predicted octanol–water partition coefficient (Wildman–Crippen LogP) is 4.66. The lowest BCUT2D eigenvalue weighted by molar-refractivity contribution is -0.116. The number of benzene rings is 1. The summed E-state index contributed by atoms with van der Waals surface area (Å²) in [6.45, 7) is 5.99. The monoisotopic (exact) mass is 410 g/mol. The van der Waals surface area contributed by atoms with E-state index in [9.17, 15) is 4.79 Å². The fourth-order valence-electron chi connectivity index (χ4n) is 2.71. The summed E-state index contributed by atoms with van der Waals surface area (Å²) in [5, 5.41) is 6.74. The van der Waals surface area contributed by atoms with Crippen molar-refractivity contribution >= 4 is 11.6 Å². The Balaban J connectivity index is 1.48. The Morgan fingerprint density at radius 2 is 2.03 bits per heavy atom. The van der Waals surface area contributed by atoms with Gasteiger partial charge in [0.05, 0.1) is 19.0 Å². The molecule has 3 aromatic rings. The molecule has 0 saturated heterocycles. The highest BCUT2D eigenvalue weighted by Crippen LogP contribution is 2.31. The zero-order valence-electron chi connectivity index (χ0n) is 17.6. The zero-order chi connectivity index (χ0) is 21.5. The lowest BCUT2D eigenvalue weighted by atomic mass is 10.2. The van der Waals surface area contributed by atoms with Crippen LogP contribution in [-0.2, 0) is 11.2 Å². The van der Waals surface area contributed by atoms with Crippen LogP contribution in [0.1, 0.15) is 49.9 Å². The normalized spacial score (nSPS) is 10.8. The molecular weight excluding hydrogens is 384 g/mol. The van der Waals surface area contributed by atoms with Crippen molar-refractivity contribution in [3.05, 3.63) is 53.8 Å². The lowest BCUT2D eigenvalue weighted by Gasteiger charge is -2.11. The molecule has 0 fully saturated rings. The molecule has 30 heavy (non-hydrogen) atoms. The zero-order valence-corrected chi connectivity index (χ0v) is 17.6. The predicted molar refractivity (Wildman–Crippen MR) is 112 cm³/mol. The number of amides is 1. The summed E-state index contributed by atoms with van der Waals surface area (Å²) in [6.07, 6.45) is 3.09. The number of methoxy groups -OCH3 is 1. The van der Waals surface area contributed by atoms with E-state index >= 15 is 0 Å². The number of nitrogens with zero attached hydrogens (tertiary/aromatic N) is 3. The molecule has 0 radical (unpaired) electrons. The maximum absolute atomic E-state index is 12.2. The smallest absolute Gasteiger partial charge is 0.226 e. The summed E-state index contributed by atoms with van der Waals surface area (Å²) in [6, 6.07) is 9.10. The third kappa shape index (κ3) is 5.79. The summed E-state index contributed by atoms with van der Waals surface area (Å²) < 4.78 is 16.3. The molecule has 0 bridgehead atoms. The number of nitrogens with one attached hydrogen (secondary N) is 1. The fraction of sp³-hybridized carbons (Fsp3) is 0.364. The number of hydrogen-bond acceptors (Lipinski definition) is 7. The molecule has 0 aliphatic carbocycles. The van der Waals surface area contributed by atoms with Crippen molar-refractivity contribution in [3.8, 4) is 17.4 Å². The van der Waals surface area contributed by atoms with Crippen LogP contribution < -0.4 is 14.8 Å². The Morgan fingerprint density at radius 3 is 2.70 bits per heavy atom. The first-order valence-electron chi connectivity index (χ1n) is 9.85. The summed E-state index contributed by atoms with van der Waals surface area (Å²) in [5.74, 6) is 2.98. The van der Waals surface area contributed by atoms with Gasteiger partial charge in [-0.05, 0) is 37.1 Å². The van der Waals surface area contributed by atoms with Gasteiger partial charge < -0.3 is 19.3 Å². The molecule has 0 aliphatic heterocycles. The van der Waals surface area contributed by atoms with Gasteiger partial charge in [-0.15, -0.1) is 0 Å². The van der Waals surface area contributed by atoms with Gasteiger partial charge >= 0.3 is 0 Å². The van der Waals surface area contributed by atoms with Gasteiger partial charge in [-0.1, -0.05) is 25.1 Å². The lowest BCUT2D eigenvalue weighted by Crippen LogP contribution is -2.11. The first-order valence-corrected chi connectivity index (χ1v) is 9.85. The molecule has 2 aromatic heterocycles. The number of pyridine rings is 1. The molecule has 8 heteroatoms. The number of anilines is 1. The highest BCUT2D eigenvalue weighted by molar-refractivity contribution is 5.90. The number of ether oxygens (including phenoxy) is 2. The number of aryl methyl sites for hydroxylation is 2. The Morgan fingerprint density at radius 1 is 1.20 bits per heavy atom. The standard InChI is InChI=1S/C22H26N4O4/c1-14(2)22-25-21(30-26-22)7-5-6-19(27)24-16-9-11-20(23-13-16)29-17-10-8-15(3)12-18(17)28-4/h8-14H,5-7H2,1-4H3,(H,24,27). The summed E-state index contributed by atoms with van der Waals surface area (Å²) in [7, 11) is 1.59. The van der Waals surface area contributed by atoms with E-state index in [1.54, 1.807) is 25.4 Å². The van der Waals surface area contributed by atoms with E-state index in [1.807, 2.05) is 39.0 Å². The number of aromatic nitrogens is 3. The SMILES string of the molecule is COc1cc(C)ccc1Oc1ccc(NC(=O)CCCc2nc(C(C)C)no2)cn1. The van der Waals surface area contributed by atoms with Gasteiger partial charge in [-0.25, -0.2) is 4.98 Å². The van der Waals surface area contributed by atoms with Crippen molar-refractivity contribution in [2.75, 3.05) is 12.4 Å². The van der Waals surface area contributed by atoms with Crippen LogP contribution in [0.5, 0.6) is 17.4 Å². The van der Waals surface area contributed by atoms with Crippen molar-refractivity contribution in [1.29, 1.82) is 0 Å². The average Bonchev–Trinajstić information content (AvgIpc) is 3.20. The highest BCUT2D eigenvalue weighted by atomic mass is 16.5. The average molecular weight is 410 g/mol. The van der Waals surface area contributed by atoms with Gasteiger partial charge in [0.1, 0.15) is 0 Å². The summed E-state index contributed by atoms with van der Waals surface area (Å²) in [4.78, 5) is 20.7. The molecule has 0 unspecified atom stereocenters. The van der Waals surface area contributed by atoms with Crippen LogP contribution in [-0.4, -0.2) is 28.1 Å². The van der Waals surface area contributed by atoms with Crippen molar-refractivity contribution in [2.45, 2.75) is 46.0 Å². The van der Waals surface area contributed by atoms with E-state index in [2.05, 4.69) is 20.4 Å². The second-order valence-electron chi connectivity index (χ2n) is 7.24. The Labute approximate surface area is 175 Å². The maximum Gasteiger partial charge on any atom is 0.226 e. The van der Waals surface area contributed by atoms with Crippen molar-refractivity contribution in [1.82, 2.24) is 15.1 Å². The van der Waals surface area contributed by atoms with E-state index in [-0.39, 0.29) is 11.8 Å². The second kappa shape index (κ2) is 9.87. The fourth-order valence-corrected chi connectivity index (χ4v) is 2.71. The van der Waals surface area contributed by atoms with E-state index in [0.717, 1.165) is 5.56 Å². The van der Waals surface area contributed by atoms with Gasteiger partial charge in [0.15, 0.2) is 17.3 Å². The number of carbonyl (C=O) groups excluding carboxylic acids is 1. The molecule has 0 aliphatic rings. The van der Waals surface area contributed by atoms with Crippen LogP contribution in [0.4, 0.5) is 5.69 Å². The minimum absolute atomic E-state index is 0.103. The van der Waals surface area contributed by atoms with Crippen LogP contribution in [0.2, 0.25) is 0 Å². The molecule has 158 valence electrons. The largest absolute Gasteiger partial charge is 0.493 e. The highest BCUT2D eigenvalue weighted by Gasteiger charge is 2.11. The van der Waals surface area contributed by atoms with Crippen LogP contribution in [0.15, 0.2) is 41.1 Å². The van der Waals surface area contributed by atoms with E-state index in [0.29, 0.717) is 54.0 Å². The first-order chi connectivity index (χ1) is 14.4. The van der Waals surface area contributed by atoms with E-state index in [1.165, 1.54) is 0 Å². The van der Waals surface area contributed by atoms with Gasteiger partial charge in [0.25, 0.3) is 0 Å². The molecule has 0 atom stereocenters. The first kappa shape index (κ1) is 21.3. The third-order valence-corrected chi connectivity index (χ3v) is 4.35. The van der Waals surface area contributed by atoms with Gasteiger partial charge in [-0.2, -0.15) is 4.98 Å². The Kier molecular flexibility index (Phi) is 7.00. The van der Waals surface area contributed by atoms with Crippen LogP contribution in [0.3, 0.4) is 0 Å². The minimum atomic E-state index is -0.103. The van der Waals surface area contributed by atoms with Gasteiger partial charge in [-0.3, -0.25) is 4.79 Å². The third-order valence-electron chi connectivity index (χ3n) is 4.35. The van der Waals surface area contributed by atoms with E-state index < -0.39 is 0 Å². The second-order valence-corrected chi connectivity index (χ2v) is 7.24. The summed E-state index contributed by atoms with van der Waals surface area (Å²) in [5.41, 5.74) is 1.67. The van der Waals surface area contributed by atoms with Crippen LogP contribution in [0, 0.1) is 6.92 Å². The molecule has 0 spiro atoms. The van der Waals surface area contributed by atoms with Crippen molar-refractivity contribution < 1.29 is 18.8 Å². The molecule has 1 aromatic carbocycles. The van der Waals surface area contributed by atoms with Crippen LogP contribution in [0.25, 0.3) is 0 Å². The Hall–Kier alpha value is -3.42. The topological polar surface area (TPSA) is 99.4 Å². The summed E-state index contributed by atoms with van der Waals surface area (Å²) >= 11 is 0. The molecular formula is C22H26N4O4. The van der Waals surface area contributed by atoms with Crippen molar-refractivity contribution in [3.63, 3.8) is 0 Å². The number of rotatable bonds is 9. The van der Waals surface area contributed by atoms with E-state index in [4.69, 9.17) is 14.0 Å². The molecule has 8 nitrogen and oxygen atoms in total. The molecule has 2 heterocycles. The Bertz CT molecular complexity index is 983. The minimum Gasteiger partial charge on any atom is -0.493 e. The molecule has 0 saturated carbocycles. The van der Waals surface area contributed by atoms with Crippen molar-refractivity contribution in [2.24, 2.45) is 0 Å². The van der Waals surface area contributed by atoms with Crippen LogP contribution >= 0.6 is 0 Å². The number of carbonyl (C=O) groups is 1.